The minimum absolute atomic E-state index is 0.147. The van der Waals surface area contributed by atoms with Crippen molar-refractivity contribution in [3.63, 3.8) is 0 Å². The van der Waals surface area contributed by atoms with Gasteiger partial charge in [-0.3, -0.25) is 0 Å². The predicted octanol–water partition coefficient (Wildman–Crippen LogP) is 3.97. The Kier molecular flexibility index (Phi) is 5.62. The van der Waals surface area contributed by atoms with Gasteiger partial charge in [-0.05, 0) is 30.3 Å². The Labute approximate surface area is 152 Å². The first-order valence-electron chi connectivity index (χ1n) is 7.14. The number of benzene rings is 1. The number of rotatable bonds is 7. The second kappa shape index (κ2) is 8.09. The van der Waals surface area contributed by atoms with Crippen molar-refractivity contribution in [3.05, 3.63) is 58.8 Å². The molecule has 25 heavy (non-hydrogen) atoms. The number of methoxy groups -OCH3 is 1. The fraction of sp³-hybridized carbons (Fsp3) is 0.188. The molecule has 0 aliphatic rings. The quantitative estimate of drug-likeness (QED) is 0.449. The fourth-order valence-corrected chi connectivity index (χ4v) is 2.78. The van der Waals surface area contributed by atoms with E-state index in [1.54, 1.807) is 30.3 Å². The molecule has 3 aromatic rings. The highest BCUT2D eigenvalue weighted by Crippen LogP contribution is 2.25. The van der Waals surface area contributed by atoms with Crippen LogP contribution in [-0.4, -0.2) is 23.3 Å². The van der Waals surface area contributed by atoms with Crippen LogP contribution in [0.15, 0.2) is 50.7 Å². The molecule has 0 bridgehead atoms. The van der Waals surface area contributed by atoms with E-state index in [4.69, 9.17) is 25.2 Å². The van der Waals surface area contributed by atoms with Crippen molar-refractivity contribution >= 4 is 29.3 Å². The molecule has 0 spiro atoms. The first-order chi connectivity index (χ1) is 12.2. The molecule has 0 unspecified atom stereocenters. The first kappa shape index (κ1) is 17.4. The van der Waals surface area contributed by atoms with E-state index >= 15 is 0 Å². The summed E-state index contributed by atoms with van der Waals surface area (Å²) in [6.07, 6.45) is 1.43. The molecule has 0 amide bonds. The third-order valence-electron chi connectivity index (χ3n) is 3.09. The maximum absolute atomic E-state index is 11.6. The van der Waals surface area contributed by atoms with E-state index in [-0.39, 0.29) is 12.4 Å². The molecule has 0 saturated heterocycles. The maximum atomic E-state index is 11.6. The van der Waals surface area contributed by atoms with Gasteiger partial charge in [-0.15, -0.1) is 10.2 Å². The van der Waals surface area contributed by atoms with E-state index < -0.39 is 5.97 Å². The van der Waals surface area contributed by atoms with Crippen LogP contribution in [0.5, 0.6) is 5.75 Å². The SMILES string of the molecule is COC(=O)c1occc1CSc1nnc(COc2ccc(Cl)cc2)o1. The highest BCUT2D eigenvalue weighted by molar-refractivity contribution is 7.98. The third kappa shape index (κ3) is 4.55. The van der Waals surface area contributed by atoms with Gasteiger partial charge in [0.25, 0.3) is 11.1 Å². The van der Waals surface area contributed by atoms with Crippen molar-refractivity contribution in [2.45, 2.75) is 17.6 Å². The van der Waals surface area contributed by atoms with Crippen LogP contribution in [0.25, 0.3) is 0 Å². The number of esters is 1. The zero-order valence-corrected chi connectivity index (χ0v) is 14.7. The minimum Gasteiger partial charge on any atom is -0.484 e. The topological polar surface area (TPSA) is 87.6 Å². The van der Waals surface area contributed by atoms with Crippen LogP contribution in [0.1, 0.15) is 22.0 Å². The van der Waals surface area contributed by atoms with Crippen LogP contribution in [0, 0.1) is 0 Å². The first-order valence-corrected chi connectivity index (χ1v) is 8.50. The summed E-state index contributed by atoms with van der Waals surface area (Å²) in [5.41, 5.74) is 0.689. The van der Waals surface area contributed by atoms with Crippen molar-refractivity contribution < 1.29 is 23.1 Å². The van der Waals surface area contributed by atoms with E-state index in [0.29, 0.717) is 33.2 Å². The Morgan fingerprint density at radius 2 is 2.04 bits per heavy atom. The summed E-state index contributed by atoms with van der Waals surface area (Å²) < 4.78 is 20.8. The molecule has 9 heteroatoms. The van der Waals surface area contributed by atoms with Gasteiger partial charge in [0, 0.05) is 16.3 Å². The summed E-state index contributed by atoms with van der Waals surface area (Å²) in [7, 11) is 1.30. The molecule has 1 aromatic carbocycles. The highest BCUT2D eigenvalue weighted by Gasteiger charge is 2.17. The lowest BCUT2D eigenvalue weighted by Crippen LogP contribution is -2.02. The molecule has 0 fully saturated rings. The van der Waals surface area contributed by atoms with E-state index in [0.717, 1.165) is 0 Å². The van der Waals surface area contributed by atoms with Crippen LogP contribution in [-0.2, 0) is 17.1 Å². The van der Waals surface area contributed by atoms with Crippen molar-refractivity contribution in [1.29, 1.82) is 0 Å². The monoisotopic (exact) mass is 380 g/mol. The molecular formula is C16H13ClN2O5S. The maximum Gasteiger partial charge on any atom is 0.374 e. The van der Waals surface area contributed by atoms with Gasteiger partial charge in [-0.25, -0.2) is 4.79 Å². The number of aromatic nitrogens is 2. The van der Waals surface area contributed by atoms with Crippen LogP contribution in [0.2, 0.25) is 5.02 Å². The van der Waals surface area contributed by atoms with Crippen LogP contribution < -0.4 is 4.74 Å². The Morgan fingerprint density at radius 1 is 1.24 bits per heavy atom. The summed E-state index contributed by atoms with van der Waals surface area (Å²) >= 11 is 7.10. The van der Waals surface area contributed by atoms with E-state index in [2.05, 4.69) is 14.9 Å². The van der Waals surface area contributed by atoms with E-state index in [9.17, 15) is 4.79 Å². The number of ether oxygens (including phenoxy) is 2. The van der Waals surface area contributed by atoms with Crippen molar-refractivity contribution in [2.24, 2.45) is 0 Å². The summed E-state index contributed by atoms with van der Waals surface area (Å²) in [5, 5.41) is 8.85. The summed E-state index contributed by atoms with van der Waals surface area (Å²) in [6.45, 7) is 0.147. The second-order valence-corrected chi connectivity index (χ2v) is 6.12. The van der Waals surface area contributed by atoms with Gasteiger partial charge < -0.3 is 18.3 Å². The Balaban J connectivity index is 1.54. The average molecular weight is 381 g/mol. The molecule has 0 saturated carbocycles. The number of hydrogen-bond acceptors (Lipinski definition) is 8. The van der Waals surface area contributed by atoms with Gasteiger partial charge >= 0.3 is 5.97 Å². The zero-order chi connectivity index (χ0) is 17.6. The number of halogens is 1. The molecule has 7 nitrogen and oxygen atoms in total. The molecule has 0 radical (unpaired) electrons. The lowest BCUT2D eigenvalue weighted by atomic mass is 10.3. The van der Waals surface area contributed by atoms with Crippen LogP contribution >= 0.6 is 23.4 Å². The van der Waals surface area contributed by atoms with Crippen molar-refractivity contribution in [3.8, 4) is 5.75 Å². The molecular weight excluding hydrogens is 368 g/mol. The van der Waals surface area contributed by atoms with E-state index in [1.165, 1.54) is 25.1 Å². The van der Waals surface area contributed by atoms with E-state index in [1.807, 2.05) is 0 Å². The summed E-state index contributed by atoms with van der Waals surface area (Å²) in [4.78, 5) is 11.6. The van der Waals surface area contributed by atoms with Crippen LogP contribution in [0.4, 0.5) is 0 Å². The van der Waals surface area contributed by atoms with Gasteiger partial charge in [0.2, 0.25) is 5.76 Å². The van der Waals surface area contributed by atoms with Gasteiger partial charge in [0.15, 0.2) is 6.61 Å². The zero-order valence-electron chi connectivity index (χ0n) is 13.1. The van der Waals surface area contributed by atoms with Gasteiger partial charge in [-0.2, -0.15) is 0 Å². The molecule has 0 aliphatic carbocycles. The molecule has 2 heterocycles. The smallest absolute Gasteiger partial charge is 0.374 e. The number of thioether (sulfide) groups is 1. The number of carbonyl (C=O) groups is 1. The van der Waals surface area contributed by atoms with Crippen molar-refractivity contribution in [1.82, 2.24) is 10.2 Å². The molecule has 0 N–H and O–H groups in total. The van der Waals surface area contributed by atoms with Gasteiger partial charge in [0.05, 0.1) is 13.4 Å². The Morgan fingerprint density at radius 3 is 2.80 bits per heavy atom. The summed E-state index contributed by atoms with van der Waals surface area (Å²) in [6, 6.07) is 8.66. The Hall–Kier alpha value is -2.45. The number of nitrogens with zero attached hydrogens (tertiary/aromatic N) is 2. The number of furan rings is 1. The van der Waals surface area contributed by atoms with Crippen molar-refractivity contribution in [2.75, 3.05) is 7.11 Å². The Bertz CT molecular complexity index is 846. The van der Waals surface area contributed by atoms with Crippen LogP contribution in [0.3, 0.4) is 0 Å². The lowest BCUT2D eigenvalue weighted by Gasteiger charge is -2.02. The molecule has 3 rings (SSSR count). The summed E-state index contributed by atoms with van der Waals surface area (Å²) in [5.74, 6) is 1.07. The highest BCUT2D eigenvalue weighted by atomic mass is 35.5. The molecule has 130 valence electrons. The minimum atomic E-state index is -0.525. The number of hydrogen-bond donors (Lipinski definition) is 0. The van der Waals surface area contributed by atoms with Gasteiger partial charge in [0.1, 0.15) is 5.75 Å². The normalized spacial score (nSPS) is 10.6. The second-order valence-electron chi connectivity index (χ2n) is 4.76. The molecule has 0 aliphatic heterocycles. The third-order valence-corrected chi connectivity index (χ3v) is 4.21. The fourth-order valence-electron chi connectivity index (χ4n) is 1.89. The standard InChI is InChI=1S/C16H13ClN2O5S/c1-21-15(20)14-10(6-7-22-14)9-25-16-19-18-13(24-16)8-23-12-4-2-11(17)3-5-12/h2-7H,8-9H2,1H3. The van der Waals surface area contributed by atoms with Gasteiger partial charge in [-0.1, -0.05) is 23.4 Å². The number of carbonyl (C=O) groups excluding carboxylic acids is 1. The molecule has 2 aromatic heterocycles. The predicted molar refractivity (Wildman–Crippen MR) is 89.7 cm³/mol. The molecule has 0 atom stereocenters. The average Bonchev–Trinajstić information content (AvgIpc) is 3.28. The largest absolute Gasteiger partial charge is 0.484 e. The lowest BCUT2D eigenvalue weighted by molar-refractivity contribution is 0.0564.